The summed E-state index contributed by atoms with van der Waals surface area (Å²) in [5.74, 6) is -1.75. The summed E-state index contributed by atoms with van der Waals surface area (Å²) < 4.78 is 0. The first-order valence-corrected chi connectivity index (χ1v) is 8.98. The second-order valence-corrected chi connectivity index (χ2v) is 7.38. The second kappa shape index (κ2) is 5.39. The molecule has 1 aromatic rings. The van der Waals surface area contributed by atoms with E-state index in [0.29, 0.717) is 6.54 Å². The van der Waals surface area contributed by atoms with Gasteiger partial charge in [0, 0.05) is 23.8 Å². The Morgan fingerprint density at radius 3 is 2.68 bits per heavy atom. The van der Waals surface area contributed by atoms with E-state index in [4.69, 9.17) is 0 Å². The third kappa shape index (κ3) is 1.91. The number of rotatable bonds is 3. The van der Waals surface area contributed by atoms with Gasteiger partial charge in [-0.05, 0) is 25.8 Å². The van der Waals surface area contributed by atoms with Crippen molar-refractivity contribution in [1.29, 1.82) is 0 Å². The van der Waals surface area contributed by atoms with E-state index in [-0.39, 0.29) is 23.8 Å². The number of aryl methyl sites for hydroxylation is 1. The maximum atomic E-state index is 13.1. The van der Waals surface area contributed by atoms with Crippen LogP contribution in [0.2, 0.25) is 0 Å². The molecule has 0 saturated carbocycles. The number of carbonyl (C=O) groups is 3. The monoisotopic (exact) mass is 341 g/mol. The Bertz CT molecular complexity index is 790. The highest BCUT2D eigenvalue weighted by Gasteiger charge is 2.69. The molecule has 0 aromatic heterocycles. The second-order valence-electron chi connectivity index (χ2n) is 7.38. The number of hydrogen-bond donors (Lipinski definition) is 2. The molecule has 132 valence electrons. The van der Waals surface area contributed by atoms with Crippen LogP contribution in [0, 0.1) is 18.8 Å². The SMILES string of the molecule is CCCCN1C(=O)[C@H]2[C@H](C)N[C@@]3(C(=O)Nc4c(C)cccc43)[C@@H]2C1=O. The Balaban J connectivity index is 1.84. The lowest BCUT2D eigenvalue weighted by Crippen LogP contribution is -2.52. The number of fused-ring (bicyclic) bond motifs is 4. The fourth-order valence-corrected chi connectivity index (χ4v) is 4.73. The standard InChI is InChI=1S/C19H23N3O3/c1-4-5-9-22-16(23)13-11(3)21-19(14(13)17(22)24)12-8-6-7-10(2)15(12)20-18(19)25/h6-8,11,13-14,21H,4-5,9H2,1-3H3,(H,20,25)/t11-,13-,14-,19+/m0/s1. The van der Waals surface area contributed by atoms with Crippen LogP contribution in [-0.2, 0) is 19.9 Å². The van der Waals surface area contributed by atoms with Gasteiger partial charge in [0.05, 0.1) is 11.8 Å². The summed E-state index contributed by atoms with van der Waals surface area (Å²) in [4.78, 5) is 40.4. The fraction of sp³-hybridized carbons (Fsp3) is 0.526. The van der Waals surface area contributed by atoms with E-state index in [9.17, 15) is 14.4 Å². The van der Waals surface area contributed by atoms with Gasteiger partial charge in [-0.25, -0.2) is 0 Å². The maximum Gasteiger partial charge on any atom is 0.250 e. The van der Waals surface area contributed by atoms with Gasteiger partial charge in [0.2, 0.25) is 17.7 Å². The lowest BCUT2D eigenvalue weighted by molar-refractivity contribution is -0.142. The predicted octanol–water partition coefficient (Wildman–Crippen LogP) is 1.54. The molecule has 0 bridgehead atoms. The van der Waals surface area contributed by atoms with E-state index in [1.54, 1.807) is 0 Å². The largest absolute Gasteiger partial charge is 0.324 e. The summed E-state index contributed by atoms with van der Waals surface area (Å²) in [6.07, 6.45) is 1.70. The number of amides is 3. The minimum absolute atomic E-state index is 0.144. The summed E-state index contributed by atoms with van der Waals surface area (Å²) >= 11 is 0. The molecule has 3 amide bonds. The zero-order valence-corrected chi connectivity index (χ0v) is 14.8. The normalized spacial score (nSPS) is 33.2. The minimum atomic E-state index is -1.14. The summed E-state index contributed by atoms with van der Waals surface area (Å²) in [5, 5.41) is 6.26. The van der Waals surface area contributed by atoms with Crippen molar-refractivity contribution in [3.8, 4) is 0 Å². The molecule has 6 heteroatoms. The molecule has 1 aromatic carbocycles. The van der Waals surface area contributed by atoms with E-state index in [0.717, 1.165) is 29.7 Å². The van der Waals surface area contributed by atoms with Crippen LogP contribution in [0.4, 0.5) is 5.69 Å². The van der Waals surface area contributed by atoms with Crippen LogP contribution in [0.3, 0.4) is 0 Å². The first kappa shape index (κ1) is 16.3. The van der Waals surface area contributed by atoms with Crippen molar-refractivity contribution in [2.75, 3.05) is 11.9 Å². The molecule has 0 radical (unpaired) electrons. The lowest BCUT2D eigenvalue weighted by Gasteiger charge is -2.29. The smallest absolute Gasteiger partial charge is 0.250 e. The number of para-hydroxylation sites is 1. The van der Waals surface area contributed by atoms with Gasteiger partial charge < -0.3 is 5.32 Å². The average molecular weight is 341 g/mol. The number of hydrogen-bond acceptors (Lipinski definition) is 4. The van der Waals surface area contributed by atoms with Crippen molar-refractivity contribution in [3.05, 3.63) is 29.3 Å². The maximum absolute atomic E-state index is 13.1. The molecular weight excluding hydrogens is 318 g/mol. The third-order valence-corrected chi connectivity index (χ3v) is 5.93. The van der Waals surface area contributed by atoms with Crippen molar-refractivity contribution >= 4 is 23.4 Å². The van der Waals surface area contributed by atoms with Crippen molar-refractivity contribution in [1.82, 2.24) is 10.2 Å². The van der Waals surface area contributed by atoms with Crippen LogP contribution in [0.1, 0.15) is 37.8 Å². The molecule has 0 unspecified atom stereocenters. The first-order chi connectivity index (χ1) is 11.9. The molecule has 6 nitrogen and oxygen atoms in total. The topological polar surface area (TPSA) is 78.5 Å². The van der Waals surface area contributed by atoms with Gasteiger partial charge in [0.25, 0.3) is 0 Å². The lowest BCUT2D eigenvalue weighted by atomic mass is 9.76. The zero-order chi connectivity index (χ0) is 17.9. The first-order valence-electron chi connectivity index (χ1n) is 8.98. The highest BCUT2D eigenvalue weighted by Crippen LogP contribution is 2.53. The zero-order valence-electron chi connectivity index (χ0n) is 14.8. The van der Waals surface area contributed by atoms with Crippen molar-refractivity contribution in [2.45, 2.75) is 45.2 Å². The van der Waals surface area contributed by atoms with E-state index in [1.165, 1.54) is 4.90 Å². The Morgan fingerprint density at radius 2 is 1.96 bits per heavy atom. The van der Waals surface area contributed by atoms with E-state index >= 15 is 0 Å². The van der Waals surface area contributed by atoms with Crippen LogP contribution in [-0.4, -0.2) is 35.2 Å². The van der Waals surface area contributed by atoms with Crippen LogP contribution in [0.5, 0.6) is 0 Å². The minimum Gasteiger partial charge on any atom is -0.324 e. The Hall–Kier alpha value is -2.21. The third-order valence-electron chi connectivity index (χ3n) is 5.93. The van der Waals surface area contributed by atoms with Crippen molar-refractivity contribution in [2.24, 2.45) is 11.8 Å². The van der Waals surface area contributed by atoms with Crippen LogP contribution >= 0.6 is 0 Å². The predicted molar refractivity (Wildman–Crippen MR) is 92.7 cm³/mol. The molecule has 2 fully saturated rings. The quantitative estimate of drug-likeness (QED) is 0.818. The highest BCUT2D eigenvalue weighted by molar-refractivity contribution is 6.15. The van der Waals surface area contributed by atoms with Gasteiger partial charge in [-0.3, -0.25) is 24.6 Å². The molecule has 3 heterocycles. The summed E-state index contributed by atoms with van der Waals surface area (Å²) in [6.45, 7) is 6.29. The fourth-order valence-electron chi connectivity index (χ4n) is 4.73. The molecule has 2 saturated heterocycles. The summed E-state index contributed by atoms with van der Waals surface area (Å²) in [5.41, 5.74) is 1.37. The van der Waals surface area contributed by atoms with Crippen molar-refractivity contribution < 1.29 is 14.4 Å². The molecule has 3 aliphatic heterocycles. The Kier molecular flexibility index (Phi) is 3.51. The number of benzene rings is 1. The summed E-state index contributed by atoms with van der Waals surface area (Å²) in [7, 11) is 0. The van der Waals surface area contributed by atoms with Crippen LogP contribution in [0.25, 0.3) is 0 Å². The van der Waals surface area contributed by atoms with Gasteiger partial charge >= 0.3 is 0 Å². The van der Waals surface area contributed by atoms with Gasteiger partial charge in [0.1, 0.15) is 5.54 Å². The number of carbonyl (C=O) groups excluding carboxylic acids is 3. The van der Waals surface area contributed by atoms with E-state index < -0.39 is 17.4 Å². The average Bonchev–Trinajstić information content (AvgIpc) is 3.13. The van der Waals surface area contributed by atoms with Crippen LogP contribution < -0.4 is 10.6 Å². The Morgan fingerprint density at radius 1 is 1.20 bits per heavy atom. The molecule has 3 aliphatic rings. The molecule has 4 atom stereocenters. The number of imide groups is 1. The number of nitrogens with zero attached hydrogens (tertiary/aromatic N) is 1. The molecular formula is C19H23N3O3. The molecule has 25 heavy (non-hydrogen) atoms. The molecule has 1 spiro atoms. The number of unbranched alkanes of at least 4 members (excludes halogenated alkanes) is 1. The van der Waals surface area contributed by atoms with Gasteiger partial charge in [-0.15, -0.1) is 0 Å². The van der Waals surface area contributed by atoms with Gasteiger partial charge in [-0.1, -0.05) is 31.5 Å². The van der Waals surface area contributed by atoms with Gasteiger partial charge in [0.15, 0.2) is 0 Å². The highest BCUT2D eigenvalue weighted by atomic mass is 16.2. The molecule has 4 rings (SSSR count). The van der Waals surface area contributed by atoms with E-state index in [2.05, 4.69) is 10.6 Å². The number of nitrogens with one attached hydrogen (secondary N) is 2. The van der Waals surface area contributed by atoms with E-state index in [1.807, 2.05) is 39.0 Å². The number of anilines is 1. The van der Waals surface area contributed by atoms with Gasteiger partial charge in [-0.2, -0.15) is 0 Å². The summed E-state index contributed by atoms with van der Waals surface area (Å²) in [6, 6.07) is 5.48. The van der Waals surface area contributed by atoms with Crippen molar-refractivity contribution in [3.63, 3.8) is 0 Å². The molecule has 2 N–H and O–H groups in total. The number of likely N-dealkylation sites (tertiary alicyclic amines) is 1. The Labute approximate surface area is 147 Å². The van der Waals surface area contributed by atoms with Crippen LogP contribution in [0.15, 0.2) is 18.2 Å². The molecule has 0 aliphatic carbocycles.